The third-order valence-corrected chi connectivity index (χ3v) is 6.44. The van der Waals surface area contributed by atoms with Crippen LogP contribution in [-0.4, -0.2) is 72.0 Å². The summed E-state index contributed by atoms with van der Waals surface area (Å²) in [5, 5.41) is 3.96. The molecular weight excluding hydrogens is 320 g/mol. The van der Waals surface area contributed by atoms with Crippen LogP contribution >= 0.6 is 0 Å². The van der Waals surface area contributed by atoms with Crippen molar-refractivity contribution in [1.82, 2.24) is 19.9 Å². The molecule has 0 bridgehead atoms. The summed E-state index contributed by atoms with van der Waals surface area (Å²) in [6.45, 7) is 2.81. The minimum absolute atomic E-state index is 0.00268. The van der Waals surface area contributed by atoms with Gasteiger partial charge in [0, 0.05) is 20.0 Å². The molecule has 0 radical (unpaired) electrons. The predicted molar refractivity (Wildman–Crippen MR) is 82.4 cm³/mol. The van der Waals surface area contributed by atoms with Crippen LogP contribution in [0.4, 0.5) is 0 Å². The molecule has 2 saturated heterocycles. The van der Waals surface area contributed by atoms with Gasteiger partial charge in [-0.25, -0.2) is 8.42 Å². The highest BCUT2D eigenvalue weighted by Gasteiger charge is 2.35. The van der Waals surface area contributed by atoms with E-state index in [1.807, 2.05) is 4.90 Å². The Morgan fingerprint density at radius 1 is 1.43 bits per heavy atom. The van der Waals surface area contributed by atoms with Crippen molar-refractivity contribution in [2.45, 2.75) is 38.3 Å². The van der Waals surface area contributed by atoms with Gasteiger partial charge in [0.1, 0.15) is 0 Å². The number of hydrogen-bond donors (Lipinski definition) is 0. The van der Waals surface area contributed by atoms with Crippen LogP contribution in [0.25, 0.3) is 0 Å². The second kappa shape index (κ2) is 6.20. The van der Waals surface area contributed by atoms with Gasteiger partial charge in [-0.3, -0.25) is 9.69 Å². The molecule has 3 heterocycles. The van der Waals surface area contributed by atoms with Crippen LogP contribution in [0.3, 0.4) is 0 Å². The summed E-state index contributed by atoms with van der Waals surface area (Å²) in [4.78, 5) is 20.4. The van der Waals surface area contributed by atoms with E-state index in [1.165, 1.54) is 0 Å². The van der Waals surface area contributed by atoms with Gasteiger partial charge in [-0.1, -0.05) is 5.16 Å². The van der Waals surface area contributed by atoms with E-state index >= 15 is 0 Å². The van der Waals surface area contributed by atoms with Crippen molar-refractivity contribution in [3.63, 3.8) is 0 Å². The number of aryl methyl sites for hydroxylation is 1. The van der Waals surface area contributed by atoms with E-state index in [2.05, 4.69) is 10.1 Å². The quantitative estimate of drug-likeness (QED) is 0.769. The summed E-state index contributed by atoms with van der Waals surface area (Å²) in [5.74, 6) is 1.33. The molecular formula is C14H22N4O4S. The lowest BCUT2D eigenvalue weighted by molar-refractivity contribution is -0.133. The molecule has 0 saturated carbocycles. The number of amides is 1. The Hall–Kier alpha value is -1.48. The Labute approximate surface area is 135 Å². The Balaban J connectivity index is 1.62. The molecule has 0 aliphatic carbocycles. The second-order valence-electron chi connectivity index (χ2n) is 6.36. The largest absolute Gasteiger partial charge is 0.341 e. The molecule has 2 atom stereocenters. The van der Waals surface area contributed by atoms with Crippen molar-refractivity contribution in [3.05, 3.63) is 11.7 Å². The fourth-order valence-corrected chi connectivity index (χ4v) is 5.10. The maximum Gasteiger partial charge on any atom is 0.236 e. The molecule has 1 aromatic heterocycles. The van der Waals surface area contributed by atoms with E-state index in [-0.39, 0.29) is 36.0 Å². The van der Waals surface area contributed by atoms with Gasteiger partial charge in [-0.15, -0.1) is 0 Å². The molecule has 0 spiro atoms. The van der Waals surface area contributed by atoms with E-state index in [4.69, 9.17) is 4.52 Å². The predicted octanol–water partition coefficient (Wildman–Crippen LogP) is 0.160. The number of nitrogens with zero attached hydrogens (tertiary/aromatic N) is 4. The van der Waals surface area contributed by atoms with Gasteiger partial charge in [-0.05, 0) is 25.8 Å². The second-order valence-corrected chi connectivity index (χ2v) is 8.59. The lowest BCUT2D eigenvalue weighted by Crippen LogP contribution is -2.43. The van der Waals surface area contributed by atoms with Crippen LogP contribution in [0.5, 0.6) is 0 Å². The normalized spacial score (nSPS) is 27.4. The first-order chi connectivity index (χ1) is 10.9. The number of aromatic nitrogens is 2. The highest BCUT2D eigenvalue weighted by atomic mass is 32.2. The zero-order chi connectivity index (χ0) is 16.6. The number of likely N-dealkylation sites (tertiary alicyclic amines) is 1. The van der Waals surface area contributed by atoms with Crippen molar-refractivity contribution in [3.8, 4) is 0 Å². The molecule has 23 heavy (non-hydrogen) atoms. The lowest BCUT2D eigenvalue weighted by atomic mass is 10.2. The molecule has 1 aromatic rings. The summed E-state index contributed by atoms with van der Waals surface area (Å²) in [6, 6.07) is -0.210. The Morgan fingerprint density at radius 3 is 2.83 bits per heavy atom. The van der Waals surface area contributed by atoms with Crippen molar-refractivity contribution in [2.24, 2.45) is 0 Å². The SMILES string of the molecule is Cc1nc([C@H]2CCCN2CC(=O)N(C)[C@@H]2CCS(=O)(=O)C2)no1. The monoisotopic (exact) mass is 342 g/mol. The van der Waals surface area contributed by atoms with Crippen molar-refractivity contribution < 1.29 is 17.7 Å². The van der Waals surface area contributed by atoms with E-state index in [9.17, 15) is 13.2 Å². The summed E-state index contributed by atoms with van der Waals surface area (Å²) >= 11 is 0. The zero-order valence-electron chi connectivity index (χ0n) is 13.4. The van der Waals surface area contributed by atoms with Crippen LogP contribution < -0.4 is 0 Å². The first kappa shape index (κ1) is 16.4. The molecule has 128 valence electrons. The number of rotatable bonds is 4. The van der Waals surface area contributed by atoms with Gasteiger partial charge in [0.25, 0.3) is 0 Å². The standard InChI is InChI=1S/C14H22N4O4S/c1-10-15-14(16-22-10)12-4-3-6-18(12)8-13(19)17(2)11-5-7-23(20,21)9-11/h11-12H,3-9H2,1-2H3/t11-,12-/m1/s1. The first-order valence-corrected chi connectivity index (χ1v) is 9.68. The van der Waals surface area contributed by atoms with Gasteiger partial charge in [0.15, 0.2) is 15.7 Å². The maximum atomic E-state index is 12.5. The Kier molecular flexibility index (Phi) is 4.41. The molecule has 9 heteroatoms. The molecule has 2 aliphatic rings. The first-order valence-electron chi connectivity index (χ1n) is 7.86. The van der Waals surface area contributed by atoms with E-state index < -0.39 is 9.84 Å². The molecule has 0 aromatic carbocycles. The number of sulfone groups is 1. The fraction of sp³-hybridized carbons (Fsp3) is 0.786. The van der Waals surface area contributed by atoms with Gasteiger partial charge in [0.2, 0.25) is 11.8 Å². The smallest absolute Gasteiger partial charge is 0.236 e. The minimum atomic E-state index is -2.99. The van der Waals surface area contributed by atoms with Gasteiger partial charge >= 0.3 is 0 Å². The molecule has 8 nitrogen and oxygen atoms in total. The minimum Gasteiger partial charge on any atom is -0.341 e. The average Bonchev–Trinajstić information content (AvgIpc) is 3.18. The number of likely N-dealkylation sites (N-methyl/N-ethyl adjacent to an activating group) is 1. The number of carbonyl (C=O) groups is 1. The molecule has 3 rings (SSSR count). The summed E-state index contributed by atoms with van der Waals surface area (Å²) in [7, 11) is -1.30. The lowest BCUT2D eigenvalue weighted by Gasteiger charge is -2.28. The van der Waals surface area contributed by atoms with Gasteiger partial charge < -0.3 is 9.42 Å². The van der Waals surface area contributed by atoms with Crippen LogP contribution in [0.1, 0.15) is 37.0 Å². The fourth-order valence-electron chi connectivity index (χ4n) is 3.33. The highest BCUT2D eigenvalue weighted by molar-refractivity contribution is 7.91. The Bertz CT molecular complexity index is 687. The number of carbonyl (C=O) groups excluding carboxylic acids is 1. The van der Waals surface area contributed by atoms with Gasteiger partial charge in [0.05, 0.1) is 24.1 Å². The average molecular weight is 342 g/mol. The van der Waals surface area contributed by atoms with Crippen LogP contribution in [0.2, 0.25) is 0 Å². The van der Waals surface area contributed by atoms with Crippen LogP contribution in [-0.2, 0) is 14.6 Å². The Morgan fingerprint density at radius 2 is 2.22 bits per heavy atom. The van der Waals surface area contributed by atoms with Gasteiger partial charge in [-0.2, -0.15) is 4.98 Å². The number of hydrogen-bond acceptors (Lipinski definition) is 7. The molecule has 0 unspecified atom stereocenters. The van der Waals surface area contributed by atoms with Crippen LogP contribution in [0.15, 0.2) is 4.52 Å². The van der Waals surface area contributed by atoms with Crippen LogP contribution in [0, 0.1) is 6.92 Å². The third-order valence-electron chi connectivity index (χ3n) is 4.69. The maximum absolute atomic E-state index is 12.5. The van der Waals surface area contributed by atoms with Crippen molar-refractivity contribution in [1.29, 1.82) is 0 Å². The molecule has 2 aliphatic heterocycles. The summed E-state index contributed by atoms with van der Waals surface area (Å²) in [6.07, 6.45) is 2.40. The molecule has 0 N–H and O–H groups in total. The van der Waals surface area contributed by atoms with Crippen molar-refractivity contribution >= 4 is 15.7 Å². The van der Waals surface area contributed by atoms with E-state index in [0.717, 1.165) is 19.4 Å². The topological polar surface area (TPSA) is 96.6 Å². The summed E-state index contributed by atoms with van der Waals surface area (Å²) < 4.78 is 28.2. The molecule has 1 amide bonds. The highest BCUT2D eigenvalue weighted by Crippen LogP contribution is 2.30. The third kappa shape index (κ3) is 3.55. The van der Waals surface area contributed by atoms with E-state index in [1.54, 1.807) is 18.9 Å². The zero-order valence-corrected chi connectivity index (χ0v) is 14.3. The van der Waals surface area contributed by atoms with E-state index in [0.29, 0.717) is 18.1 Å². The van der Waals surface area contributed by atoms with Crippen molar-refractivity contribution in [2.75, 3.05) is 31.6 Å². The molecule has 2 fully saturated rings. The summed E-state index contributed by atoms with van der Waals surface area (Å²) in [5.41, 5.74) is 0.